The fourth-order valence-corrected chi connectivity index (χ4v) is 1.23. The molecule has 0 N–H and O–H groups in total. The molecule has 73 valence electrons. The van der Waals surface area contributed by atoms with E-state index < -0.39 is 6.10 Å². The fourth-order valence-electron chi connectivity index (χ4n) is 1.04. The maximum atomic E-state index is 10.7. The van der Waals surface area contributed by atoms with Crippen molar-refractivity contribution in [2.24, 2.45) is 0 Å². The molecule has 1 aromatic rings. The highest BCUT2D eigenvalue weighted by atomic mass is 32.1. The third-order valence-corrected chi connectivity index (χ3v) is 2.16. The van der Waals surface area contributed by atoms with Gasteiger partial charge in [0.15, 0.2) is 0 Å². The second-order valence-corrected chi connectivity index (χ2v) is 3.27. The molecule has 14 heavy (non-hydrogen) atoms. The van der Waals surface area contributed by atoms with Crippen molar-refractivity contribution in [3.63, 3.8) is 0 Å². The van der Waals surface area contributed by atoms with E-state index in [0.717, 1.165) is 5.56 Å². The zero-order valence-corrected chi connectivity index (χ0v) is 8.71. The van der Waals surface area contributed by atoms with Gasteiger partial charge in [-0.05, 0) is 12.5 Å². The third kappa shape index (κ3) is 2.92. The molecule has 0 spiro atoms. The van der Waals surface area contributed by atoms with Gasteiger partial charge >= 0.3 is 5.97 Å². The van der Waals surface area contributed by atoms with Gasteiger partial charge in [0, 0.05) is 6.92 Å². The Balaban J connectivity index is 2.71. The van der Waals surface area contributed by atoms with Gasteiger partial charge in [0.2, 0.25) is 0 Å². The lowest BCUT2D eigenvalue weighted by atomic mass is 10.1. The van der Waals surface area contributed by atoms with Crippen molar-refractivity contribution < 1.29 is 9.53 Å². The Kier molecular flexibility index (Phi) is 3.77. The molecule has 0 bridgehead atoms. The molecule has 0 amide bonds. The van der Waals surface area contributed by atoms with Gasteiger partial charge in [-0.2, -0.15) is 0 Å². The normalized spacial score (nSPS) is 11.9. The van der Waals surface area contributed by atoms with Crippen LogP contribution in [0.3, 0.4) is 0 Å². The van der Waals surface area contributed by atoms with Crippen molar-refractivity contribution in [1.82, 2.24) is 0 Å². The van der Waals surface area contributed by atoms with Crippen LogP contribution in [0.25, 0.3) is 0 Å². The number of hydrogen-bond acceptors (Lipinski definition) is 3. The van der Waals surface area contributed by atoms with Gasteiger partial charge in [-0.25, -0.2) is 0 Å². The summed E-state index contributed by atoms with van der Waals surface area (Å²) < 4.78 is 4.88. The number of carbonyl (C=O) groups is 1. The summed E-state index contributed by atoms with van der Waals surface area (Å²) in [5.74, 6) is -0.372. The topological polar surface area (TPSA) is 26.3 Å². The predicted octanol–water partition coefficient (Wildman–Crippen LogP) is 2.17. The Morgan fingerprint density at radius 1 is 1.43 bits per heavy atom. The number of thiocarbonyl (C=S) groups is 1. The van der Waals surface area contributed by atoms with Gasteiger partial charge in [0.05, 0.1) is 4.86 Å². The van der Waals surface area contributed by atoms with E-state index in [1.54, 1.807) is 0 Å². The molecule has 0 aliphatic rings. The van der Waals surface area contributed by atoms with Gasteiger partial charge < -0.3 is 4.74 Å². The van der Waals surface area contributed by atoms with Crippen LogP contribution in [-0.4, -0.2) is 16.9 Å². The summed E-state index contributed by atoms with van der Waals surface area (Å²) in [5.41, 5.74) is 0.865. The molecule has 3 heteroatoms. The summed E-state index contributed by atoms with van der Waals surface area (Å²) in [6.07, 6.45) is -0.593. The summed E-state index contributed by atoms with van der Waals surface area (Å²) in [6.45, 7) is 5.01. The molecule has 2 nitrogen and oxygen atoms in total. The number of carbonyl (C=O) groups excluding carboxylic acids is 1. The second kappa shape index (κ2) is 4.86. The minimum absolute atomic E-state index is 0.372. The molecule has 1 rings (SSSR count). The van der Waals surface area contributed by atoms with E-state index in [2.05, 4.69) is 6.92 Å². The highest BCUT2D eigenvalue weighted by Crippen LogP contribution is 2.07. The summed E-state index contributed by atoms with van der Waals surface area (Å²) in [6, 6.07) is 9.38. The Morgan fingerprint density at radius 3 is 2.50 bits per heavy atom. The molecule has 0 aliphatic carbocycles. The van der Waals surface area contributed by atoms with Crippen molar-refractivity contribution in [1.29, 1.82) is 0 Å². The monoisotopic (exact) mass is 207 g/mol. The Hall–Kier alpha value is -1.22. The molecule has 1 unspecified atom stereocenters. The number of benzene rings is 1. The molecule has 0 heterocycles. The van der Waals surface area contributed by atoms with E-state index in [1.165, 1.54) is 6.92 Å². The lowest BCUT2D eigenvalue weighted by molar-refractivity contribution is -0.141. The molecule has 1 radical (unpaired) electrons. The Labute approximate surface area is 88.9 Å². The smallest absolute Gasteiger partial charge is 0.303 e. The van der Waals surface area contributed by atoms with Gasteiger partial charge in [-0.3, -0.25) is 4.79 Å². The van der Waals surface area contributed by atoms with Gasteiger partial charge in [-0.1, -0.05) is 42.5 Å². The molecular weight excluding hydrogens is 196 g/mol. The van der Waals surface area contributed by atoms with Crippen LogP contribution in [-0.2, 0) is 9.53 Å². The van der Waals surface area contributed by atoms with Crippen molar-refractivity contribution in [3.05, 3.63) is 42.8 Å². The van der Waals surface area contributed by atoms with Crippen LogP contribution >= 0.6 is 12.2 Å². The lowest BCUT2D eigenvalue weighted by Crippen LogP contribution is -2.22. The highest BCUT2D eigenvalue weighted by molar-refractivity contribution is 7.81. The zero-order chi connectivity index (χ0) is 10.6. The average Bonchev–Trinajstić information content (AvgIpc) is 2.17. The number of esters is 1. The van der Waals surface area contributed by atoms with Crippen molar-refractivity contribution in [2.45, 2.75) is 13.0 Å². The van der Waals surface area contributed by atoms with Crippen molar-refractivity contribution >= 4 is 23.1 Å². The number of hydrogen-bond donors (Lipinski definition) is 0. The summed E-state index contributed by atoms with van der Waals surface area (Å²) >= 11 is 5.12. The van der Waals surface area contributed by atoms with Gasteiger partial charge in [0.1, 0.15) is 6.10 Å². The van der Waals surface area contributed by atoms with Crippen LogP contribution in [0.4, 0.5) is 0 Å². The molecule has 0 aliphatic heterocycles. The average molecular weight is 207 g/mol. The van der Waals surface area contributed by atoms with E-state index in [-0.39, 0.29) is 5.97 Å². The SMILES string of the molecule is [CH2]C(OC(C)=O)C(=S)c1ccccc1. The van der Waals surface area contributed by atoms with Gasteiger partial charge in [-0.15, -0.1) is 0 Å². The molecule has 0 saturated carbocycles. The summed E-state index contributed by atoms with van der Waals surface area (Å²) in [7, 11) is 0. The van der Waals surface area contributed by atoms with E-state index in [4.69, 9.17) is 17.0 Å². The first-order chi connectivity index (χ1) is 6.61. The van der Waals surface area contributed by atoms with Gasteiger partial charge in [0.25, 0.3) is 0 Å². The Bertz CT molecular complexity index is 332. The first-order valence-electron chi connectivity index (χ1n) is 4.21. The molecule has 0 fully saturated rings. The first kappa shape index (κ1) is 10.9. The van der Waals surface area contributed by atoms with Crippen molar-refractivity contribution in [2.75, 3.05) is 0 Å². The second-order valence-electron chi connectivity index (χ2n) is 2.83. The van der Waals surface area contributed by atoms with Crippen molar-refractivity contribution in [3.8, 4) is 0 Å². The van der Waals surface area contributed by atoms with E-state index in [9.17, 15) is 4.79 Å². The fraction of sp³-hybridized carbons (Fsp3) is 0.182. The van der Waals surface area contributed by atoms with E-state index in [1.807, 2.05) is 30.3 Å². The maximum Gasteiger partial charge on any atom is 0.303 e. The molecule has 0 saturated heterocycles. The van der Waals surface area contributed by atoms with Crippen LogP contribution in [0.2, 0.25) is 0 Å². The lowest BCUT2D eigenvalue weighted by Gasteiger charge is -2.12. The summed E-state index contributed by atoms with van der Waals surface area (Å²) in [5, 5.41) is 0. The maximum absolute atomic E-state index is 10.7. The largest absolute Gasteiger partial charge is 0.457 e. The zero-order valence-electron chi connectivity index (χ0n) is 7.90. The summed E-state index contributed by atoms with van der Waals surface area (Å²) in [4.78, 5) is 11.2. The van der Waals surface area contributed by atoms with E-state index >= 15 is 0 Å². The third-order valence-electron chi connectivity index (χ3n) is 1.66. The minimum atomic E-state index is -0.593. The standard InChI is InChI=1S/C11H11O2S/c1-8(13-9(2)12)11(14)10-6-4-3-5-7-10/h3-8H,1H2,2H3. The Morgan fingerprint density at radius 2 is 2.00 bits per heavy atom. The minimum Gasteiger partial charge on any atom is -0.457 e. The molecule has 1 aromatic carbocycles. The van der Waals surface area contributed by atoms with Crippen LogP contribution in [0, 0.1) is 6.92 Å². The highest BCUT2D eigenvalue weighted by Gasteiger charge is 2.12. The first-order valence-corrected chi connectivity index (χ1v) is 4.61. The van der Waals surface area contributed by atoms with Crippen LogP contribution < -0.4 is 0 Å². The van der Waals surface area contributed by atoms with Crippen LogP contribution in [0.5, 0.6) is 0 Å². The van der Waals surface area contributed by atoms with Crippen LogP contribution in [0.15, 0.2) is 30.3 Å². The number of rotatable bonds is 3. The molecule has 1 atom stereocenters. The molecular formula is C11H11O2S. The van der Waals surface area contributed by atoms with Crippen LogP contribution in [0.1, 0.15) is 12.5 Å². The number of ether oxygens (including phenoxy) is 1. The predicted molar refractivity (Wildman–Crippen MR) is 59.1 cm³/mol. The van der Waals surface area contributed by atoms with E-state index in [0.29, 0.717) is 4.86 Å². The molecule has 0 aromatic heterocycles. The quantitative estimate of drug-likeness (QED) is 0.431.